The monoisotopic (exact) mass is 219 g/mol. The van der Waals surface area contributed by atoms with Gasteiger partial charge in [-0.1, -0.05) is 20.8 Å². The fourth-order valence-corrected chi connectivity index (χ4v) is 1.34. The highest BCUT2D eigenvalue weighted by molar-refractivity contribution is 5.92. The number of rotatable bonds is 2. The van der Waals surface area contributed by atoms with Crippen LogP contribution in [0.4, 0.5) is 5.95 Å². The van der Waals surface area contributed by atoms with Gasteiger partial charge >= 0.3 is 0 Å². The number of carbonyl (C=O) groups excluding carboxylic acids is 1. The summed E-state index contributed by atoms with van der Waals surface area (Å²) < 4.78 is 0. The molecule has 1 aliphatic carbocycles. The molecule has 1 saturated carbocycles. The van der Waals surface area contributed by atoms with E-state index in [2.05, 4.69) is 36.1 Å². The molecule has 2 rings (SSSR count). The summed E-state index contributed by atoms with van der Waals surface area (Å²) in [7, 11) is 0. The van der Waals surface area contributed by atoms with E-state index in [1.54, 1.807) is 12.4 Å². The molecule has 0 bridgehead atoms. The molecule has 0 unspecified atom stereocenters. The molecular weight excluding hydrogens is 202 g/mol. The second kappa shape index (κ2) is 3.85. The number of nitrogens with one attached hydrogen (secondary N) is 1. The maximum absolute atomic E-state index is 11.5. The molecule has 1 aromatic rings. The van der Waals surface area contributed by atoms with Crippen molar-refractivity contribution in [1.82, 2.24) is 9.97 Å². The van der Waals surface area contributed by atoms with Gasteiger partial charge in [0.25, 0.3) is 0 Å². The van der Waals surface area contributed by atoms with Crippen molar-refractivity contribution in [2.45, 2.75) is 39.0 Å². The van der Waals surface area contributed by atoms with Gasteiger partial charge in [-0.3, -0.25) is 10.1 Å². The van der Waals surface area contributed by atoms with E-state index in [1.165, 1.54) is 0 Å². The summed E-state index contributed by atoms with van der Waals surface area (Å²) in [5.41, 5.74) is 1.11. The Morgan fingerprint density at radius 1 is 1.31 bits per heavy atom. The van der Waals surface area contributed by atoms with Crippen LogP contribution in [0.25, 0.3) is 0 Å². The molecule has 0 aliphatic heterocycles. The molecule has 86 valence electrons. The topological polar surface area (TPSA) is 54.9 Å². The maximum Gasteiger partial charge on any atom is 0.229 e. The van der Waals surface area contributed by atoms with Crippen LogP contribution < -0.4 is 5.32 Å². The largest absolute Gasteiger partial charge is 0.294 e. The Morgan fingerprint density at radius 3 is 2.31 bits per heavy atom. The molecule has 1 amide bonds. The fraction of sp³-hybridized carbons (Fsp3) is 0.583. The summed E-state index contributed by atoms with van der Waals surface area (Å²) in [6.07, 6.45) is 5.53. The second-order valence-electron chi connectivity index (χ2n) is 5.31. The SMILES string of the molecule is CC(C)(C)c1cnc(NC(=O)C2CC2)nc1. The van der Waals surface area contributed by atoms with Crippen molar-refractivity contribution in [3.63, 3.8) is 0 Å². The zero-order valence-electron chi connectivity index (χ0n) is 9.95. The third-order valence-electron chi connectivity index (χ3n) is 2.70. The molecule has 4 heteroatoms. The van der Waals surface area contributed by atoms with E-state index in [0.717, 1.165) is 18.4 Å². The maximum atomic E-state index is 11.5. The van der Waals surface area contributed by atoms with Crippen molar-refractivity contribution in [2.75, 3.05) is 5.32 Å². The molecule has 0 spiro atoms. The summed E-state index contributed by atoms with van der Waals surface area (Å²) in [6, 6.07) is 0. The Bertz CT molecular complexity index is 388. The minimum atomic E-state index is 0.0407. The third kappa shape index (κ3) is 2.56. The Hall–Kier alpha value is -1.45. The van der Waals surface area contributed by atoms with Crippen LogP contribution in [-0.4, -0.2) is 15.9 Å². The lowest BCUT2D eigenvalue weighted by Gasteiger charge is -2.17. The van der Waals surface area contributed by atoms with Gasteiger partial charge in [0, 0.05) is 18.3 Å². The van der Waals surface area contributed by atoms with Crippen LogP contribution in [-0.2, 0) is 10.2 Å². The molecule has 0 saturated heterocycles. The van der Waals surface area contributed by atoms with Crippen molar-refractivity contribution < 1.29 is 4.79 Å². The average molecular weight is 219 g/mol. The van der Waals surface area contributed by atoms with E-state index in [0.29, 0.717) is 5.95 Å². The van der Waals surface area contributed by atoms with E-state index < -0.39 is 0 Å². The van der Waals surface area contributed by atoms with E-state index in [-0.39, 0.29) is 17.2 Å². The van der Waals surface area contributed by atoms with Gasteiger partial charge < -0.3 is 0 Å². The number of amides is 1. The van der Waals surface area contributed by atoms with Gasteiger partial charge in [0.2, 0.25) is 11.9 Å². The molecule has 1 aliphatic rings. The lowest BCUT2D eigenvalue weighted by atomic mass is 9.89. The van der Waals surface area contributed by atoms with Gasteiger partial charge in [-0.15, -0.1) is 0 Å². The van der Waals surface area contributed by atoms with Gasteiger partial charge in [-0.25, -0.2) is 9.97 Å². The predicted octanol–water partition coefficient (Wildman–Crippen LogP) is 2.12. The number of aromatic nitrogens is 2. The highest BCUT2D eigenvalue weighted by Crippen LogP contribution is 2.29. The first kappa shape index (κ1) is 11.0. The Kier molecular flexibility index (Phi) is 2.66. The number of carbonyl (C=O) groups is 1. The third-order valence-corrected chi connectivity index (χ3v) is 2.70. The molecular formula is C12H17N3O. The summed E-state index contributed by atoms with van der Waals surface area (Å²) >= 11 is 0. The first-order valence-corrected chi connectivity index (χ1v) is 5.60. The summed E-state index contributed by atoms with van der Waals surface area (Å²) in [5.74, 6) is 0.638. The standard InChI is InChI=1S/C12H17N3O/c1-12(2,3)9-6-13-11(14-7-9)15-10(16)8-4-5-8/h6-8H,4-5H2,1-3H3,(H,13,14,15,16). The molecule has 1 fully saturated rings. The van der Waals surface area contributed by atoms with Gasteiger partial charge in [0.1, 0.15) is 0 Å². The summed E-state index contributed by atoms with van der Waals surface area (Å²) in [4.78, 5) is 19.8. The van der Waals surface area contributed by atoms with Crippen LogP contribution in [0.2, 0.25) is 0 Å². The first-order chi connectivity index (χ1) is 7.47. The van der Waals surface area contributed by atoms with Crippen LogP contribution in [0, 0.1) is 5.92 Å². The molecule has 16 heavy (non-hydrogen) atoms. The van der Waals surface area contributed by atoms with Crippen molar-refractivity contribution in [2.24, 2.45) is 5.92 Å². The number of hydrogen-bond acceptors (Lipinski definition) is 3. The molecule has 1 N–H and O–H groups in total. The molecule has 1 heterocycles. The minimum Gasteiger partial charge on any atom is -0.294 e. The molecule has 4 nitrogen and oxygen atoms in total. The highest BCUT2D eigenvalue weighted by Gasteiger charge is 2.30. The van der Waals surface area contributed by atoms with Gasteiger partial charge in [0.05, 0.1) is 0 Å². The van der Waals surface area contributed by atoms with Gasteiger partial charge in [-0.2, -0.15) is 0 Å². The zero-order chi connectivity index (χ0) is 11.8. The quantitative estimate of drug-likeness (QED) is 0.829. The first-order valence-electron chi connectivity index (χ1n) is 5.60. The van der Waals surface area contributed by atoms with Crippen LogP contribution in [0.1, 0.15) is 39.2 Å². The van der Waals surface area contributed by atoms with Crippen molar-refractivity contribution in [3.05, 3.63) is 18.0 Å². The van der Waals surface area contributed by atoms with Crippen molar-refractivity contribution in [3.8, 4) is 0 Å². The summed E-state index contributed by atoms with van der Waals surface area (Å²) in [5, 5.41) is 2.72. The van der Waals surface area contributed by atoms with E-state index in [4.69, 9.17) is 0 Å². The molecule has 0 atom stereocenters. The van der Waals surface area contributed by atoms with Crippen LogP contribution in [0.5, 0.6) is 0 Å². The second-order valence-corrected chi connectivity index (χ2v) is 5.31. The van der Waals surface area contributed by atoms with Crippen molar-refractivity contribution in [1.29, 1.82) is 0 Å². The Balaban J connectivity index is 2.04. The fourth-order valence-electron chi connectivity index (χ4n) is 1.34. The highest BCUT2D eigenvalue weighted by atomic mass is 16.2. The lowest BCUT2D eigenvalue weighted by Crippen LogP contribution is -2.17. The number of anilines is 1. The van der Waals surface area contributed by atoms with E-state index in [1.807, 2.05) is 0 Å². The average Bonchev–Trinajstić information content (AvgIpc) is 3.00. The minimum absolute atomic E-state index is 0.0407. The van der Waals surface area contributed by atoms with E-state index >= 15 is 0 Å². The molecule has 0 radical (unpaired) electrons. The van der Waals surface area contributed by atoms with E-state index in [9.17, 15) is 4.79 Å². The Morgan fingerprint density at radius 2 is 1.88 bits per heavy atom. The number of hydrogen-bond donors (Lipinski definition) is 1. The van der Waals surface area contributed by atoms with Gasteiger partial charge in [-0.05, 0) is 23.8 Å². The predicted molar refractivity (Wildman–Crippen MR) is 62.1 cm³/mol. The Labute approximate surface area is 95.5 Å². The lowest BCUT2D eigenvalue weighted by molar-refractivity contribution is -0.117. The number of nitrogens with zero attached hydrogens (tertiary/aromatic N) is 2. The molecule has 1 aromatic heterocycles. The van der Waals surface area contributed by atoms with Crippen LogP contribution in [0.15, 0.2) is 12.4 Å². The zero-order valence-corrected chi connectivity index (χ0v) is 9.95. The van der Waals surface area contributed by atoms with Gasteiger partial charge in [0.15, 0.2) is 0 Å². The van der Waals surface area contributed by atoms with Crippen molar-refractivity contribution >= 4 is 11.9 Å². The smallest absolute Gasteiger partial charge is 0.229 e. The molecule has 0 aromatic carbocycles. The van der Waals surface area contributed by atoms with Crippen LogP contribution in [0.3, 0.4) is 0 Å². The summed E-state index contributed by atoms with van der Waals surface area (Å²) in [6.45, 7) is 6.32. The van der Waals surface area contributed by atoms with Crippen LogP contribution >= 0.6 is 0 Å². The normalized spacial score (nSPS) is 15.9.